The highest BCUT2D eigenvalue weighted by atomic mass is 127. The molecule has 3 rings (SSSR count). The van der Waals surface area contributed by atoms with E-state index in [1.165, 1.54) is 25.3 Å². The molecule has 0 radical (unpaired) electrons. The molecule has 0 aliphatic rings. The van der Waals surface area contributed by atoms with E-state index in [0.29, 0.717) is 0 Å². The quantitative estimate of drug-likeness (QED) is 0.445. The van der Waals surface area contributed by atoms with E-state index in [1.807, 2.05) is 22.7 Å². The van der Waals surface area contributed by atoms with E-state index in [0.717, 1.165) is 6.54 Å². The second-order valence-electron chi connectivity index (χ2n) is 3.61. The van der Waals surface area contributed by atoms with Gasteiger partial charge in [0.2, 0.25) is 10.5 Å². The largest absolute Gasteiger partial charge is 1.00 e. The molecule has 0 amide bonds. The number of thiazole rings is 1. The molecular weight excluding hydrogens is 349 g/mol. The Morgan fingerprint density at radius 2 is 2.06 bits per heavy atom. The lowest BCUT2D eigenvalue weighted by Crippen LogP contribution is -3.00. The van der Waals surface area contributed by atoms with Crippen LogP contribution in [0.4, 0.5) is 0 Å². The smallest absolute Gasteiger partial charge is 0.235 e. The van der Waals surface area contributed by atoms with Crippen molar-refractivity contribution in [3.63, 3.8) is 0 Å². The number of nitrogens with zero attached hydrogens (tertiary/aromatic N) is 1. The van der Waals surface area contributed by atoms with Crippen LogP contribution >= 0.6 is 22.7 Å². The van der Waals surface area contributed by atoms with Crippen LogP contribution < -0.4 is 28.5 Å². The molecule has 3 aromatic rings. The van der Waals surface area contributed by atoms with E-state index in [9.17, 15) is 0 Å². The second kappa shape index (κ2) is 4.58. The van der Waals surface area contributed by atoms with E-state index < -0.39 is 0 Å². The molecule has 0 aliphatic carbocycles. The van der Waals surface area contributed by atoms with Crippen LogP contribution in [0, 0.1) is 6.92 Å². The van der Waals surface area contributed by atoms with Gasteiger partial charge in [-0.1, -0.05) is 11.3 Å². The number of aryl methyl sites for hydroxylation is 2. The zero-order valence-electron chi connectivity index (χ0n) is 9.16. The third kappa shape index (κ3) is 1.67. The second-order valence-corrected chi connectivity index (χ2v) is 5.76. The fourth-order valence-corrected chi connectivity index (χ4v) is 4.15. The van der Waals surface area contributed by atoms with Gasteiger partial charge in [-0.15, -0.1) is 11.3 Å². The number of hydrogen-bond acceptors (Lipinski definition) is 2. The molecule has 16 heavy (non-hydrogen) atoms. The standard InChI is InChI=1S/C12H12NS2.HI/c1-3-13-8(2)15-12-9-6-7-14-11(9)5-4-10(12)13;/h4-7H,3H2,1-2H3;1H/q+1;/p-1. The van der Waals surface area contributed by atoms with Crippen LogP contribution in [-0.2, 0) is 6.54 Å². The fourth-order valence-electron chi connectivity index (χ4n) is 2.09. The summed E-state index contributed by atoms with van der Waals surface area (Å²) in [5.41, 5.74) is 1.38. The maximum atomic E-state index is 2.39. The van der Waals surface area contributed by atoms with Crippen molar-refractivity contribution < 1.29 is 28.5 Å². The molecule has 0 aliphatic heterocycles. The summed E-state index contributed by atoms with van der Waals surface area (Å²) in [5, 5.41) is 4.99. The predicted molar refractivity (Wildman–Crippen MR) is 67.8 cm³/mol. The number of benzene rings is 1. The topological polar surface area (TPSA) is 3.88 Å². The fraction of sp³-hybridized carbons (Fsp3) is 0.250. The minimum absolute atomic E-state index is 0. The third-order valence-electron chi connectivity index (χ3n) is 2.80. The first kappa shape index (κ1) is 12.3. The zero-order chi connectivity index (χ0) is 10.4. The molecule has 0 atom stereocenters. The van der Waals surface area contributed by atoms with Gasteiger partial charge in [-0.25, -0.2) is 0 Å². The number of rotatable bonds is 1. The van der Waals surface area contributed by atoms with Gasteiger partial charge in [-0.2, -0.15) is 4.57 Å². The first-order valence-corrected chi connectivity index (χ1v) is 6.80. The molecule has 4 heteroatoms. The van der Waals surface area contributed by atoms with E-state index >= 15 is 0 Å². The highest BCUT2D eigenvalue weighted by Gasteiger charge is 2.17. The number of hydrogen-bond donors (Lipinski definition) is 0. The number of halogens is 1. The third-order valence-corrected chi connectivity index (χ3v) is 4.83. The van der Waals surface area contributed by atoms with Gasteiger partial charge in [0.15, 0.2) is 0 Å². The Balaban J connectivity index is 0.000000963. The molecule has 0 saturated carbocycles. The molecule has 0 N–H and O–H groups in total. The lowest BCUT2D eigenvalue weighted by atomic mass is 10.2. The van der Waals surface area contributed by atoms with Crippen molar-refractivity contribution in [1.29, 1.82) is 0 Å². The Morgan fingerprint density at radius 3 is 2.81 bits per heavy atom. The van der Waals surface area contributed by atoms with Crippen molar-refractivity contribution in [2.75, 3.05) is 0 Å². The normalized spacial score (nSPS) is 10.9. The highest BCUT2D eigenvalue weighted by molar-refractivity contribution is 7.21. The highest BCUT2D eigenvalue weighted by Crippen LogP contribution is 2.31. The van der Waals surface area contributed by atoms with Crippen LogP contribution in [0.2, 0.25) is 0 Å². The maximum absolute atomic E-state index is 2.39. The molecule has 0 fully saturated rings. The van der Waals surface area contributed by atoms with Crippen LogP contribution in [0.1, 0.15) is 11.9 Å². The first-order valence-electron chi connectivity index (χ1n) is 5.10. The van der Waals surface area contributed by atoms with Crippen LogP contribution in [0.5, 0.6) is 0 Å². The summed E-state index contributed by atoms with van der Waals surface area (Å²) in [4.78, 5) is 0. The summed E-state index contributed by atoms with van der Waals surface area (Å²) in [6, 6.07) is 6.72. The first-order chi connectivity index (χ1) is 7.31. The van der Waals surface area contributed by atoms with Crippen molar-refractivity contribution in [3.8, 4) is 0 Å². The summed E-state index contributed by atoms with van der Waals surface area (Å²) in [6.07, 6.45) is 0. The van der Waals surface area contributed by atoms with Crippen LogP contribution in [0.3, 0.4) is 0 Å². The lowest BCUT2D eigenvalue weighted by molar-refractivity contribution is -0.669. The Bertz CT molecular complexity index is 639. The molecular formula is C12H12INS2. The average Bonchev–Trinajstić information content (AvgIpc) is 2.79. The van der Waals surface area contributed by atoms with Gasteiger partial charge in [-0.3, -0.25) is 0 Å². The van der Waals surface area contributed by atoms with Crippen LogP contribution in [0.15, 0.2) is 23.6 Å². The maximum Gasteiger partial charge on any atom is 0.235 e. The van der Waals surface area contributed by atoms with E-state index in [1.54, 1.807) is 0 Å². The molecule has 0 unspecified atom stereocenters. The monoisotopic (exact) mass is 361 g/mol. The van der Waals surface area contributed by atoms with Gasteiger partial charge in [0.05, 0.1) is 0 Å². The molecule has 1 aromatic carbocycles. The molecule has 1 nitrogen and oxygen atoms in total. The zero-order valence-corrected chi connectivity index (χ0v) is 12.9. The van der Waals surface area contributed by atoms with Crippen LogP contribution in [-0.4, -0.2) is 0 Å². The van der Waals surface area contributed by atoms with Gasteiger partial charge in [0, 0.05) is 23.1 Å². The summed E-state index contributed by atoms with van der Waals surface area (Å²) in [5.74, 6) is 0. The Labute approximate surface area is 120 Å². The van der Waals surface area contributed by atoms with Crippen molar-refractivity contribution in [2.24, 2.45) is 0 Å². The summed E-state index contributed by atoms with van der Waals surface area (Å²) in [7, 11) is 0. The Morgan fingerprint density at radius 1 is 1.25 bits per heavy atom. The SMILES string of the molecule is CC[n+]1c(C)sc2c3ccsc3ccc21.[I-]. The minimum Gasteiger partial charge on any atom is -1.00 e. The Hall–Kier alpha value is -0.200. The van der Waals surface area contributed by atoms with E-state index in [2.05, 4.69) is 42.0 Å². The molecule has 0 saturated heterocycles. The van der Waals surface area contributed by atoms with E-state index in [-0.39, 0.29) is 24.0 Å². The lowest BCUT2D eigenvalue weighted by Gasteiger charge is -1.91. The van der Waals surface area contributed by atoms with Gasteiger partial charge < -0.3 is 24.0 Å². The summed E-state index contributed by atoms with van der Waals surface area (Å²) >= 11 is 3.73. The number of thiophene rings is 1. The van der Waals surface area contributed by atoms with Gasteiger partial charge in [0.25, 0.3) is 0 Å². The average molecular weight is 361 g/mol. The summed E-state index contributed by atoms with van der Waals surface area (Å²) in [6.45, 7) is 5.46. The number of fused-ring (bicyclic) bond motifs is 3. The van der Waals surface area contributed by atoms with Gasteiger partial charge in [-0.05, 0) is 24.4 Å². The molecule has 0 spiro atoms. The van der Waals surface area contributed by atoms with E-state index in [4.69, 9.17) is 0 Å². The molecule has 2 aromatic heterocycles. The van der Waals surface area contributed by atoms with Gasteiger partial charge in [0.1, 0.15) is 11.2 Å². The van der Waals surface area contributed by atoms with Crippen molar-refractivity contribution >= 4 is 43.0 Å². The molecule has 0 bridgehead atoms. The van der Waals surface area contributed by atoms with Crippen molar-refractivity contribution in [2.45, 2.75) is 20.4 Å². The predicted octanol–water partition coefficient (Wildman–Crippen LogP) is 0.736. The van der Waals surface area contributed by atoms with Gasteiger partial charge >= 0.3 is 0 Å². The minimum atomic E-state index is 0. The van der Waals surface area contributed by atoms with Crippen molar-refractivity contribution in [3.05, 3.63) is 28.6 Å². The Kier molecular flexibility index (Phi) is 3.51. The number of aromatic nitrogens is 1. The summed E-state index contributed by atoms with van der Waals surface area (Å²) < 4.78 is 5.22. The molecule has 84 valence electrons. The van der Waals surface area contributed by atoms with Crippen LogP contribution in [0.25, 0.3) is 20.3 Å². The molecule has 2 heterocycles. The van der Waals surface area contributed by atoms with Crippen molar-refractivity contribution in [1.82, 2.24) is 0 Å².